The summed E-state index contributed by atoms with van der Waals surface area (Å²) < 4.78 is 10.5. The van der Waals surface area contributed by atoms with Gasteiger partial charge in [0.1, 0.15) is 17.4 Å². The predicted octanol–water partition coefficient (Wildman–Crippen LogP) is 2.37. The van der Waals surface area contributed by atoms with Crippen LogP contribution in [0.15, 0.2) is 48.5 Å². The van der Waals surface area contributed by atoms with Gasteiger partial charge >= 0.3 is 0 Å². The van der Waals surface area contributed by atoms with E-state index in [9.17, 15) is 9.90 Å². The lowest BCUT2D eigenvalue weighted by Gasteiger charge is -2.29. The number of ether oxygens (including phenoxy) is 2. The van der Waals surface area contributed by atoms with Gasteiger partial charge in [0.15, 0.2) is 5.78 Å². The number of benzene rings is 2. The average molecular weight is 270 g/mol. The molecule has 0 amide bonds. The molecule has 1 aliphatic heterocycles. The molecule has 0 aromatic heterocycles. The van der Waals surface area contributed by atoms with Crippen molar-refractivity contribution in [2.24, 2.45) is 0 Å². The van der Waals surface area contributed by atoms with Crippen molar-refractivity contribution in [2.75, 3.05) is 7.11 Å². The van der Waals surface area contributed by atoms with Crippen molar-refractivity contribution in [3.8, 4) is 11.5 Å². The zero-order chi connectivity index (χ0) is 14.1. The highest BCUT2D eigenvalue weighted by molar-refractivity contribution is 6.04. The maximum absolute atomic E-state index is 12.5. The van der Waals surface area contributed by atoms with Gasteiger partial charge in [-0.15, -0.1) is 0 Å². The number of Topliss-reactive ketones (excluding diaryl/α,β-unsaturated/α-hetero) is 1. The Kier molecular flexibility index (Phi) is 3.16. The highest BCUT2D eigenvalue weighted by Gasteiger charge is 2.37. The number of methoxy groups -OCH3 is 1. The molecule has 2 atom stereocenters. The van der Waals surface area contributed by atoms with Crippen LogP contribution in [0.4, 0.5) is 0 Å². The van der Waals surface area contributed by atoms with Crippen LogP contribution in [-0.4, -0.2) is 24.3 Å². The van der Waals surface area contributed by atoms with E-state index >= 15 is 0 Å². The highest BCUT2D eigenvalue weighted by Crippen LogP contribution is 2.35. The molecule has 2 aromatic carbocycles. The summed E-state index contributed by atoms with van der Waals surface area (Å²) in [5, 5.41) is 10.1. The van der Waals surface area contributed by atoms with Gasteiger partial charge in [-0.25, -0.2) is 0 Å². The van der Waals surface area contributed by atoms with Crippen molar-refractivity contribution >= 4 is 5.78 Å². The summed E-state index contributed by atoms with van der Waals surface area (Å²) in [6.07, 6.45) is -1.18. The number of aliphatic hydroxyl groups excluding tert-OH is 1. The van der Waals surface area contributed by atoms with Crippen molar-refractivity contribution in [3.63, 3.8) is 0 Å². The molecule has 0 fully saturated rings. The van der Waals surface area contributed by atoms with Crippen LogP contribution in [-0.2, 0) is 0 Å². The third kappa shape index (κ3) is 2.04. The number of hydrogen-bond donors (Lipinski definition) is 1. The minimum absolute atomic E-state index is 0.135. The smallest absolute Gasteiger partial charge is 0.211 e. The maximum Gasteiger partial charge on any atom is 0.211 e. The second kappa shape index (κ2) is 4.98. The Balaban J connectivity index is 1.99. The van der Waals surface area contributed by atoms with E-state index in [1.165, 1.54) is 0 Å². The maximum atomic E-state index is 12.5. The molecule has 0 bridgehead atoms. The van der Waals surface area contributed by atoms with E-state index in [1.807, 2.05) is 0 Å². The molecule has 2 unspecified atom stereocenters. The highest BCUT2D eigenvalue weighted by atomic mass is 16.6. The van der Waals surface area contributed by atoms with Crippen LogP contribution >= 0.6 is 0 Å². The number of aliphatic hydroxyl groups is 1. The van der Waals surface area contributed by atoms with Gasteiger partial charge in [0.05, 0.1) is 12.7 Å². The summed E-state index contributed by atoms with van der Waals surface area (Å²) in [7, 11) is 1.58. The Labute approximate surface area is 116 Å². The first-order chi connectivity index (χ1) is 9.70. The van der Waals surface area contributed by atoms with Gasteiger partial charge in [0.25, 0.3) is 0 Å². The van der Waals surface area contributed by atoms with E-state index in [1.54, 1.807) is 55.6 Å². The molecule has 3 rings (SSSR count). The number of carbonyl (C=O) groups excluding carboxylic acids is 1. The first kappa shape index (κ1) is 12.7. The Hall–Kier alpha value is -2.33. The van der Waals surface area contributed by atoms with Gasteiger partial charge < -0.3 is 14.6 Å². The molecule has 4 heteroatoms. The minimum atomic E-state index is -1.18. The molecular weight excluding hydrogens is 256 g/mol. The molecule has 1 N–H and O–H groups in total. The number of fused-ring (bicyclic) bond motifs is 1. The van der Waals surface area contributed by atoms with E-state index in [4.69, 9.17) is 9.47 Å². The summed E-state index contributed by atoms with van der Waals surface area (Å²) in [5.74, 6) is 0.280. The van der Waals surface area contributed by atoms with Crippen LogP contribution in [0.5, 0.6) is 11.5 Å². The molecule has 0 radical (unpaired) electrons. The molecule has 0 saturated heterocycles. The second-order valence-electron chi connectivity index (χ2n) is 4.62. The molecule has 4 nitrogen and oxygen atoms in total. The zero-order valence-electron chi connectivity index (χ0n) is 10.9. The summed E-state index contributed by atoms with van der Waals surface area (Å²) in [5.41, 5.74) is 1.21. The van der Waals surface area contributed by atoms with E-state index in [0.717, 1.165) is 0 Å². The Morgan fingerprint density at radius 2 is 1.80 bits per heavy atom. The third-order valence-electron chi connectivity index (χ3n) is 3.44. The number of rotatable bonds is 2. The van der Waals surface area contributed by atoms with Crippen LogP contribution in [0.3, 0.4) is 0 Å². The van der Waals surface area contributed by atoms with Crippen LogP contribution < -0.4 is 9.47 Å². The fraction of sp³-hybridized carbons (Fsp3) is 0.188. The van der Waals surface area contributed by atoms with Crippen molar-refractivity contribution in [3.05, 3.63) is 59.7 Å². The van der Waals surface area contributed by atoms with Crippen molar-refractivity contribution in [1.29, 1.82) is 0 Å². The third-order valence-corrected chi connectivity index (χ3v) is 3.44. The lowest BCUT2D eigenvalue weighted by Crippen LogP contribution is -2.35. The average Bonchev–Trinajstić information content (AvgIpc) is 2.48. The van der Waals surface area contributed by atoms with Crippen LogP contribution in [0.2, 0.25) is 0 Å². The Bertz CT molecular complexity index is 633. The van der Waals surface area contributed by atoms with Crippen molar-refractivity contribution in [2.45, 2.75) is 12.2 Å². The summed E-state index contributed by atoms with van der Waals surface area (Å²) in [6, 6.07) is 14.0. The Morgan fingerprint density at radius 3 is 2.50 bits per heavy atom. The molecular formula is C16H14O4. The van der Waals surface area contributed by atoms with Crippen LogP contribution in [0, 0.1) is 0 Å². The van der Waals surface area contributed by atoms with E-state index in [0.29, 0.717) is 22.6 Å². The molecule has 0 spiro atoms. The molecule has 1 heterocycles. The van der Waals surface area contributed by atoms with Crippen LogP contribution in [0.25, 0.3) is 0 Å². The summed E-state index contributed by atoms with van der Waals surface area (Å²) >= 11 is 0. The van der Waals surface area contributed by atoms with E-state index < -0.39 is 12.2 Å². The molecule has 102 valence electrons. The van der Waals surface area contributed by atoms with Gasteiger partial charge in [-0.1, -0.05) is 24.3 Å². The molecule has 1 aliphatic rings. The van der Waals surface area contributed by atoms with E-state index in [2.05, 4.69) is 0 Å². The minimum Gasteiger partial charge on any atom is -0.497 e. The number of carbonyl (C=O) groups is 1. The Morgan fingerprint density at radius 1 is 1.10 bits per heavy atom. The van der Waals surface area contributed by atoms with Crippen LogP contribution in [0.1, 0.15) is 21.8 Å². The van der Waals surface area contributed by atoms with Gasteiger partial charge in [0.2, 0.25) is 6.29 Å². The monoisotopic (exact) mass is 270 g/mol. The topological polar surface area (TPSA) is 55.8 Å². The van der Waals surface area contributed by atoms with Crippen molar-refractivity contribution in [1.82, 2.24) is 0 Å². The molecule has 2 aromatic rings. The molecule has 0 saturated carbocycles. The lowest BCUT2D eigenvalue weighted by molar-refractivity contribution is -0.0385. The lowest BCUT2D eigenvalue weighted by atomic mass is 9.88. The first-order valence-corrected chi connectivity index (χ1v) is 6.32. The SMILES string of the molecule is COc1ccc(C2C(=O)c3ccccc3OC2O)cc1. The van der Waals surface area contributed by atoms with Gasteiger partial charge in [-0.05, 0) is 29.8 Å². The quantitative estimate of drug-likeness (QED) is 0.910. The fourth-order valence-corrected chi connectivity index (χ4v) is 2.40. The van der Waals surface area contributed by atoms with Crippen molar-refractivity contribution < 1.29 is 19.4 Å². The van der Waals surface area contributed by atoms with E-state index in [-0.39, 0.29) is 5.78 Å². The number of ketones is 1. The summed E-state index contributed by atoms with van der Waals surface area (Å²) in [4.78, 5) is 12.5. The zero-order valence-corrected chi connectivity index (χ0v) is 10.9. The van der Waals surface area contributed by atoms with Gasteiger partial charge in [-0.3, -0.25) is 4.79 Å². The summed E-state index contributed by atoms with van der Waals surface area (Å²) in [6.45, 7) is 0. The largest absolute Gasteiger partial charge is 0.497 e. The second-order valence-corrected chi connectivity index (χ2v) is 4.62. The standard InChI is InChI=1S/C16H14O4/c1-19-11-8-6-10(7-9-11)14-15(17)12-4-2-3-5-13(12)20-16(14)18/h2-9,14,16,18H,1H3. The molecule has 0 aliphatic carbocycles. The fourth-order valence-electron chi connectivity index (χ4n) is 2.40. The number of hydrogen-bond acceptors (Lipinski definition) is 4. The molecule has 20 heavy (non-hydrogen) atoms. The van der Waals surface area contributed by atoms with Gasteiger partial charge in [-0.2, -0.15) is 0 Å². The van der Waals surface area contributed by atoms with Gasteiger partial charge in [0, 0.05) is 0 Å². The first-order valence-electron chi connectivity index (χ1n) is 6.32. The predicted molar refractivity (Wildman–Crippen MR) is 73.1 cm³/mol. The normalized spacial score (nSPS) is 21.0. The number of para-hydroxylation sites is 1.